The number of amides is 5. The summed E-state index contributed by atoms with van der Waals surface area (Å²) in [5.74, 6) is 1.77. The summed E-state index contributed by atoms with van der Waals surface area (Å²) in [5.41, 5.74) is 7.43. The Labute approximate surface area is 345 Å². The number of nitrogens with zero attached hydrogens (tertiary/aromatic N) is 5. The van der Waals surface area contributed by atoms with Crippen LogP contribution in [-0.2, 0) is 42.6 Å². The molecule has 0 saturated carbocycles. The average Bonchev–Trinajstić information content (AvgIpc) is 3.58. The lowest BCUT2D eigenvalue weighted by Crippen LogP contribution is -2.52. The molecule has 0 bridgehead atoms. The second-order valence-electron chi connectivity index (χ2n) is 16.9. The first-order chi connectivity index (χ1) is 28.5. The van der Waals surface area contributed by atoms with E-state index in [2.05, 4.69) is 44.7 Å². The quantitative estimate of drug-likeness (QED) is 0.294. The molecule has 2 aromatic carbocycles. The Balaban J connectivity index is 0.831. The van der Waals surface area contributed by atoms with Crippen molar-refractivity contribution in [2.24, 2.45) is 13.0 Å². The Bertz CT molecular complexity index is 2160. The first kappa shape index (κ1) is 40.6. The number of carbonyl (C=O) groups is 4. The van der Waals surface area contributed by atoms with Gasteiger partial charge in [-0.25, -0.2) is 4.79 Å². The molecule has 3 saturated heterocycles. The van der Waals surface area contributed by atoms with Crippen LogP contribution in [-0.4, -0.2) is 121 Å². The number of nitrogens with one attached hydrogen (secondary N) is 2. The molecule has 14 heteroatoms. The van der Waals surface area contributed by atoms with E-state index in [0.717, 1.165) is 111 Å². The number of methoxy groups -OCH3 is 2. The van der Waals surface area contributed by atoms with Crippen molar-refractivity contribution in [2.75, 3.05) is 67.1 Å². The van der Waals surface area contributed by atoms with Crippen LogP contribution in [0.15, 0.2) is 41.3 Å². The number of pyridine rings is 1. The maximum Gasteiger partial charge on any atom is 0.317 e. The molecule has 3 fully saturated rings. The third kappa shape index (κ3) is 8.21. The number of fused-ring (bicyclic) bond motifs is 2. The van der Waals surface area contributed by atoms with Crippen molar-refractivity contribution in [3.05, 3.63) is 80.3 Å². The molecule has 5 aliphatic heterocycles. The molecule has 8 rings (SSSR count). The van der Waals surface area contributed by atoms with E-state index >= 15 is 0 Å². The maximum absolute atomic E-state index is 13.2. The summed E-state index contributed by atoms with van der Waals surface area (Å²) in [6, 6.07) is 9.58. The minimum Gasteiger partial charge on any atom is -0.496 e. The van der Waals surface area contributed by atoms with E-state index in [9.17, 15) is 24.0 Å². The summed E-state index contributed by atoms with van der Waals surface area (Å²) in [6.45, 7) is 7.55. The Kier molecular flexibility index (Phi) is 11.8. The third-order valence-electron chi connectivity index (χ3n) is 13.5. The van der Waals surface area contributed by atoms with E-state index in [0.29, 0.717) is 48.9 Å². The second kappa shape index (κ2) is 17.2. The largest absolute Gasteiger partial charge is 0.496 e. The molecule has 1 atom stereocenters. The van der Waals surface area contributed by atoms with E-state index < -0.39 is 6.04 Å². The fourth-order valence-corrected chi connectivity index (χ4v) is 10.0. The molecule has 2 N–H and O–H groups in total. The van der Waals surface area contributed by atoms with Gasteiger partial charge in [0.25, 0.3) is 11.5 Å². The number of imide groups is 1. The zero-order valence-electron chi connectivity index (χ0n) is 34.8. The van der Waals surface area contributed by atoms with Crippen LogP contribution in [0, 0.1) is 5.92 Å². The minimum absolute atomic E-state index is 0.0844. The smallest absolute Gasteiger partial charge is 0.317 e. The molecule has 3 aromatic rings. The predicted octanol–water partition coefficient (Wildman–Crippen LogP) is 3.66. The van der Waals surface area contributed by atoms with Gasteiger partial charge >= 0.3 is 6.03 Å². The molecule has 14 nitrogen and oxygen atoms in total. The highest BCUT2D eigenvalue weighted by Crippen LogP contribution is 2.40. The molecule has 1 unspecified atom stereocenters. The summed E-state index contributed by atoms with van der Waals surface area (Å²) in [7, 11) is 6.78. The van der Waals surface area contributed by atoms with E-state index in [1.807, 2.05) is 12.3 Å². The number of ether oxygens (including phenoxy) is 2. The van der Waals surface area contributed by atoms with Gasteiger partial charge in [-0.3, -0.25) is 24.5 Å². The summed E-state index contributed by atoms with van der Waals surface area (Å²) in [6.07, 6.45) is 8.35. The van der Waals surface area contributed by atoms with Gasteiger partial charge in [-0.1, -0.05) is 12.1 Å². The van der Waals surface area contributed by atoms with Crippen LogP contribution in [0.1, 0.15) is 82.6 Å². The Morgan fingerprint density at radius 1 is 0.814 bits per heavy atom. The zero-order valence-corrected chi connectivity index (χ0v) is 34.8. The van der Waals surface area contributed by atoms with Crippen molar-refractivity contribution < 1.29 is 28.7 Å². The number of hydrogen-bond acceptors (Lipinski definition) is 9. The minimum atomic E-state index is -0.589. The number of piperidine rings is 3. The Morgan fingerprint density at radius 3 is 2.14 bits per heavy atom. The van der Waals surface area contributed by atoms with Crippen molar-refractivity contribution in [2.45, 2.75) is 76.4 Å². The van der Waals surface area contributed by atoms with Gasteiger partial charge < -0.3 is 39.0 Å². The van der Waals surface area contributed by atoms with Crippen molar-refractivity contribution in [3.63, 3.8) is 0 Å². The lowest BCUT2D eigenvalue weighted by atomic mass is 9.87. The number of benzene rings is 2. The number of aryl methyl sites for hydroxylation is 1. The molecule has 0 spiro atoms. The van der Waals surface area contributed by atoms with Gasteiger partial charge in [0, 0.05) is 75.1 Å². The number of hydrogen-bond donors (Lipinski definition) is 2. The summed E-state index contributed by atoms with van der Waals surface area (Å²) >= 11 is 0. The molecule has 5 aliphatic rings. The maximum atomic E-state index is 13.2. The Hall–Kier alpha value is -5.21. The van der Waals surface area contributed by atoms with Crippen LogP contribution in [0.5, 0.6) is 11.5 Å². The van der Waals surface area contributed by atoms with E-state index in [1.54, 1.807) is 42.7 Å². The van der Waals surface area contributed by atoms with Crippen LogP contribution < -0.4 is 25.7 Å². The highest BCUT2D eigenvalue weighted by molar-refractivity contribution is 6.05. The monoisotopic (exact) mass is 807 g/mol. The van der Waals surface area contributed by atoms with Crippen molar-refractivity contribution in [3.8, 4) is 22.6 Å². The highest BCUT2D eigenvalue weighted by atomic mass is 16.5. The lowest BCUT2D eigenvalue weighted by Gasteiger charge is -2.36. The number of carbonyl (C=O) groups excluding carboxylic acids is 4. The first-order valence-electron chi connectivity index (χ1n) is 21.2. The highest BCUT2D eigenvalue weighted by Gasteiger charge is 2.39. The normalized spacial score (nSPS) is 20.7. The van der Waals surface area contributed by atoms with Crippen molar-refractivity contribution in [1.82, 2.24) is 34.8 Å². The van der Waals surface area contributed by atoms with Crippen LogP contribution in [0.25, 0.3) is 11.1 Å². The van der Waals surface area contributed by atoms with E-state index in [4.69, 9.17) is 9.47 Å². The molecule has 314 valence electrons. The summed E-state index contributed by atoms with van der Waals surface area (Å²) in [4.78, 5) is 71.4. The van der Waals surface area contributed by atoms with Gasteiger partial charge in [-0.15, -0.1) is 0 Å². The van der Waals surface area contributed by atoms with E-state index in [1.165, 1.54) is 5.56 Å². The van der Waals surface area contributed by atoms with Gasteiger partial charge in [0.15, 0.2) is 0 Å². The molecule has 6 heterocycles. The van der Waals surface area contributed by atoms with Crippen LogP contribution >= 0.6 is 0 Å². The fourth-order valence-electron chi connectivity index (χ4n) is 10.0. The molecule has 0 radical (unpaired) electrons. The molecule has 5 amide bonds. The molecule has 59 heavy (non-hydrogen) atoms. The topological polar surface area (TPSA) is 146 Å². The third-order valence-corrected chi connectivity index (χ3v) is 13.5. The summed E-state index contributed by atoms with van der Waals surface area (Å²) in [5, 5.41) is 5.07. The summed E-state index contributed by atoms with van der Waals surface area (Å²) < 4.78 is 13.6. The average molecular weight is 808 g/mol. The van der Waals surface area contributed by atoms with Gasteiger partial charge in [0.2, 0.25) is 11.8 Å². The fraction of sp³-hybridized carbons (Fsp3) is 0.533. The molecule has 0 aliphatic carbocycles. The van der Waals surface area contributed by atoms with Gasteiger partial charge in [0.05, 0.1) is 20.8 Å². The van der Waals surface area contributed by atoms with Gasteiger partial charge in [0.1, 0.15) is 17.5 Å². The number of urea groups is 1. The standard InChI is InChI=1S/C45H57N7O7/c1-46-45(57)51-18-13-34-36(26-48(2)43(55)37(34)27-51)31-23-39(58-3)35(40(24-31)59-4)21-28-9-14-49(15-10-28)19-20-50-16-11-29(12-17-50)30-5-6-33-32(22-30)25-52(44(33)56)38-7-8-41(53)47-42(38)54/h5-6,22-24,26,28-29,38H,7-21,25,27H2,1-4H3,(H,46,57)(H,47,53,54). The Morgan fingerprint density at radius 2 is 1.49 bits per heavy atom. The van der Waals surface area contributed by atoms with Crippen molar-refractivity contribution in [1.29, 1.82) is 0 Å². The SMILES string of the molecule is CNC(=O)N1CCc2c(-c3cc(OC)c(CC4CCN(CCN5CCC(c6ccc7c(c6)CN(C6CCC(=O)NC6=O)C7=O)CC5)CC4)c(OC)c3)cn(C)c(=O)c2C1. The number of aromatic nitrogens is 1. The number of rotatable bonds is 10. The van der Waals surface area contributed by atoms with Crippen LogP contribution in [0.2, 0.25) is 0 Å². The van der Waals surface area contributed by atoms with Gasteiger partial charge in [-0.05, 0) is 123 Å². The lowest BCUT2D eigenvalue weighted by molar-refractivity contribution is -0.136. The van der Waals surface area contributed by atoms with Gasteiger partial charge in [-0.2, -0.15) is 0 Å². The van der Waals surface area contributed by atoms with E-state index in [-0.39, 0.29) is 42.3 Å². The van der Waals surface area contributed by atoms with Crippen LogP contribution in [0.4, 0.5) is 4.79 Å². The molecule has 1 aromatic heterocycles. The first-order valence-corrected chi connectivity index (χ1v) is 21.2. The van der Waals surface area contributed by atoms with Crippen LogP contribution in [0.3, 0.4) is 0 Å². The molecular formula is C45H57N7O7. The van der Waals surface area contributed by atoms with Crippen molar-refractivity contribution >= 4 is 23.8 Å². The predicted molar refractivity (Wildman–Crippen MR) is 223 cm³/mol. The zero-order chi connectivity index (χ0) is 41.4. The number of likely N-dealkylation sites (tertiary alicyclic amines) is 2. The second-order valence-corrected chi connectivity index (χ2v) is 16.9. The molecular weight excluding hydrogens is 751 g/mol.